The maximum atomic E-state index is 15.3. The number of halogens is 2. The number of alkyl halides is 2. The van der Waals surface area contributed by atoms with Gasteiger partial charge in [0.15, 0.2) is 5.78 Å². The Labute approximate surface area is 321 Å². The van der Waals surface area contributed by atoms with Gasteiger partial charge < -0.3 is 5.11 Å². The van der Waals surface area contributed by atoms with Crippen molar-refractivity contribution >= 4 is 56.3 Å². The van der Waals surface area contributed by atoms with Gasteiger partial charge >= 0.3 is 0 Å². The van der Waals surface area contributed by atoms with Crippen molar-refractivity contribution in [2.24, 2.45) is 11.8 Å². The fourth-order valence-corrected chi connectivity index (χ4v) is 9.55. The number of rotatable bonds is 12. The fraction of sp³-hybridized carbons (Fsp3) is 0.452. The Morgan fingerprint density at radius 3 is 2.16 bits per heavy atom. The molecular formula is C42H53F2IrN2O2SSi-. The molecule has 0 aliphatic carbocycles. The van der Waals surface area contributed by atoms with Crippen LogP contribution in [0.25, 0.3) is 42.3 Å². The Hall–Kier alpha value is -2.84. The Kier molecular flexibility index (Phi) is 14.8. The summed E-state index contributed by atoms with van der Waals surface area (Å²) >= 11 is 1.51. The number of aliphatic hydroxyl groups is 1. The van der Waals surface area contributed by atoms with Gasteiger partial charge in [-0.15, -0.1) is 40.5 Å². The van der Waals surface area contributed by atoms with Gasteiger partial charge in [-0.3, -0.25) is 9.78 Å². The van der Waals surface area contributed by atoms with Crippen LogP contribution in [0, 0.1) is 24.8 Å². The van der Waals surface area contributed by atoms with E-state index in [1.165, 1.54) is 28.4 Å². The summed E-state index contributed by atoms with van der Waals surface area (Å²) in [6.07, 6.45) is 6.48. The van der Waals surface area contributed by atoms with E-state index >= 15 is 8.78 Å². The molecule has 2 heterocycles. The zero-order valence-corrected chi connectivity index (χ0v) is 35.9. The molecule has 0 saturated heterocycles. The third-order valence-electron chi connectivity index (χ3n) is 9.58. The van der Waals surface area contributed by atoms with Crippen molar-refractivity contribution in [3.05, 3.63) is 83.4 Å². The molecule has 4 nitrogen and oxygen atoms in total. The topological polar surface area (TPSA) is 63.1 Å². The molecule has 0 fully saturated rings. The van der Waals surface area contributed by atoms with Crippen LogP contribution in [0.15, 0.2) is 60.6 Å². The summed E-state index contributed by atoms with van der Waals surface area (Å²) in [5.41, 5.74) is 4.54. The maximum Gasteiger partial charge on any atom is 0.271 e. The molecule has 0 amide bonds. The van der Waals surface area contributed by atoms with Gasteiger partial charge in [0.1, 0.15) is 6.33 Å². The molecule has 0 bridgehead atoms. The van der Waals surface area contributed by atoms with E-state index in [-0.39, 0.29) is 55.1 Å². The van der Waals surface area contributed by atoms with Crippen molar-refractivity contribution in [2.75, 3.05) is 0 Å². The van der Waals surface area contributed by atoms with E-state index in [9.17, 15) is 9.90 Å². The Bertz CT molecular complexity index is 1990. The number of nitrogens with zero attached hydrogens (tertiary/aromatic N) is 2. The third-order valence-corrected chi connectivity index (χ3v) is 12.4. The summed E-state index contributed by atoms with van der Waals surface area (Å²) in [5.74, 6) is -1.95. The van der Waals surface area contributed by atoms with Crippen molar-refractivity contribution in [3.8, 4) is 11.3 Å². The SMILES string of the molecule is CCC(CC)C(=O)/C=C(\O)C(CC)CC.Cc1c(C(F)(F)C[Si](C)(C)C)ccc2c1sc1c(-c3[c-]c4ccccc4c(C(C)C)c3)ncnc12.[Ir]. The molecule has 0 aliphatic heterocycles. The minimum absolute atomic E-state index is 0. The molecule has 277 valence electrons. The zero-order valence-electron chi connectivity index (χ0n) is 31.7. The standard InChI is InChI=1S/C29H29F2N2SSi.C13H24O2.Ir/c1-17(2)23-14-20(13-19-9-7-8-10-21(19)23)25-28-26(33-16-32-25)22-11-12-24(18(3)27(22)34-28)29(30,31)15-35(4,5)6;1-5-10(6-2)12(14)9-13(15)11(7-3)8-4;/h7-12,14,16-17H,15H2,1-6H3;9-11,14H,5-8H2,1-4H3;/q-1;;/b;12-9-;. The fourth-order valence-electron chi connectivity index (χ4n) is 6.77. The van der Waals surface area contributed by atoms with Crippen LogP contribution < -0.4 is 0 Å². The molecule has 2 aromatic heterocycles. The van der Waals surface area contributed by atoms with E-state index in [0.29, 0.717) is 11.5 Å². The van der Waals surface area contributed by atoms with E-state index in [4.69, 9.17) is 0 Å². The number of aliphatic hydroxyl groups excluding tert-OH is 1. The number of aryl methyl sites for hydroxylation is 1. The number of fused-ring (bicyclic) bond motifs is 4. The molecule has 5 aromatic rings. The molecule has 1 radical (unpaired) electrons. The minimum atomic E-state index is -2.84. The number of hydrogen-bond acceptors (Lipinski definition) is 5. The normalized spacial score (nSPS) is 12.6. The largest absolute Gasteiger partial charge is 0.512 e. The van der Waals surface area contributed by atoms with E-state index in [0.717, 1.165) is 62.6 Å². The second kappa shape index (κ2) is 17.8. The van der Waals surface area contributed by atoms with Gasteiger partial charge in [-0.25, -0.2) is 13.8 Å². The van der Waals surface area contributed by atoms with Crippen LogP contribution in [0.3, 0.4) is 0 Å². The molecule has 0 aliphatic rings. The van der Waals surface area contributed by atoms with Crippen LogP contribution in [0.1, 0.15) is 89.8 Å². The number of carbonyl (C=O) groups is 1. The molecule has 0 spiro atoms. The Morgan fingerprint density at radius 1 is 0.941 bits per heavy atom. The summed E-state index contributed by atoms with van der Waals surface area (Å²) in [7, 11) is -1.96. The van der Waals surface area contributed by atoms with Crippen LogP contribution in [-0.2, 0) is 30.8 Å². The van der Waals surface area contributed by atoms with Crippen LogP contribution in [0.5, 0.6) is 0 Å². The van der Waals surface area contributed by atoms with E-state index in [2.05, 4.69) is 54.1 Å². The van der Waals surface area contributed by atoms with Crippen LogP contribution in [-0.4, -0.2) is 28.9 Å². The summed E-state index contributed by atoms with van der Waals surface area (Å²) in [5, 5.41) is 12.9. The number of aromatic nitrogens is 2. The summed E-state index contributed by atoms with van der Waals surface area (Å²) < 4.78 is 32.4. The molecule has 3 aromatic carbocycles. The average Bonchev–Trinajstić information content (AvgIpc) is 3.44. The summed E-state index contributed by atoms with van der Waals surface area (Å²) in [4.78, 5) is 20.9. The van der Waals surface area contributed by atoms with Crippen molar-refractivity contribution in [3.63, 3.8) is 0 Å². The number of hydrogen-bond donors (Lipinski definition) is 1. The van der Waals surface area contributed by atoms with Gasteiger partial charge in [0.25, 0.3) is 5.92 Å². The predicted octanol–water partition coefficient (Wildman–Crippen LogP) is 13.2. The first kappa shape index (κ1) is 42.6. The monoisotopic (exact) mass is 908 g/mol. The molecule has 51 heavy (non-hydrogen) atoms. The summed E-state index contributed by atoms with van der Waals surface area (Å²) in [6, 6.07) is 17.3. The first-order valence-electron chi connectivity index (χ1n) is 18.0. The molecular weight excluding hydrogens is 855 g/mol. The number of ketones is 1. The number of carbonyl (C=O) groups excluding carboxylic acids is 1. The first-order chi connectivity index (χ1) is 23.6. The average molecular weight is 908 g/mol. The molecule has 5 rings (SSSR count). The van der Waals surface area contributed by atoms with Gasteiger partial charge in [0.2, 0.25) is 0 Å². The van der Waals surface area contributed by atoms with E-state index < -0.39 is 14.0 Å². The molecule has 0 atom stereocenters. The maximum absolute atomic E-state index is 15.3. The third kappa shape index (κ3) is 9.78. The zero-order chi connectivity index (χ0) is 37.0. The smallest absolute Gasteiger partial charge is 0.271 e. The Morgan fingerprint density at radius 2 is 1.57 bits per heavy atom. The van der Waals surface area contributed by atoms with Crippen molar-refractivity contribution in [2.45, 2.75) is 112 Å². The van der Waals surface area contributed by atoms with E-state index in [1.54, 1.807) is 12.4 Å². The quantitative estimate of drug-likeness (QED) is 0.0586. The molecule has 1 N–H and O–H groups in total. The number of thiophene rings is 1. The van der Waals surface area contributed by atoms with Crippen LogP contribution in [0.4, 0.5) is 8.78 Å². The van der Waals surface area contributed by atoms with Gasteiger partial charge in [-0.1, -0.05) is 102 Å². The van der Waals surface area contributed by atoms with Crippen LogP contribution in [0.2, 0.25) is 25.7 Å². The van der Waals surface area contributed by atoms with E-state index in [1.807, 2.05) is 66.4 Å². The second-order valence-corrected chi connectivity index (χ2v) is 21.4. The number of benzene rings is 3. The summed E-state index contributed by atoms with van der Waals surface area (Å²) in [6.45, 7) is 20.2. The van der Waals surface area contributed by atoms with Crippen molar-refractivity contribution in [1.82, 2.24) is 9.97 Å². The van der Waals surface area contributed by atoms with Gasteiger partial charge in [0.05, 0.1) is 19.3 Å². The van der Waals surface area contributed by atoms with Gasteiger partial charge in [-0.2, -0.15) is 0 Å². The van der Waals surface area contributed by atoms with Crippen LogP contribution >= 0.6 is 11.3 Å². The van der Waals surface area contributed by atoms with Gasteiger partial charge in [-0.05, 0) is 44.1 Å². The van der Waals surface area contributed by atoms with Crippen molar-refractivity contribution in [1.29, 1.82) is 0 Å². The second-order valence-electron chi connectivity index (χ2n) is 14.9. The first-order valence-corrected chi connectivity index (χ1v) is 22.5. The Balaban J connectivity index is 0.000000374. The van der Waals surface area contributed by atoms with Crippen molar-refractivity contribution < 1.29 is 38.8 Å². The molecule has 0 saturated carbocycles. The minimum Gasteiger partial charge on any atom is -0.512 e. The van der Waals surface area contributed by atoms with Gasteiger partial charge in [0, 0.05) is 70.1 Å². The number of allylic oxidation sites excluding steroid dienone is 2. The molecule has 9 heteroatoms. The molecule has 0 unspecified atom stereocenters. The predicted molar refractivity (Wildman–Crippen MR) is 211 cm³/mol.